The highest BCUT2D eigenvalue weighted by Gasteiger charge is 2.30. The molecule has 5 nitrogen and oxygen atoms in total. The smallest absolute Gasteiger partial charge is 0.212 e. The van der Waals surface area contributed by atoms with Gasteiger partial charge in [0.25, 0.3) is 0 Å². The maximum atomic E-state index is 15.5. The summed E-state index contributed by atoms with van der Waals surface area (Å²) in [4.78, 5) is 1.86. The number of hydrogen-bond donors (Lipinski definition) is 0. The van der Waals surface area contributed by atoms with Crippen LogP contribution >= 0.6 is 0 Å². The van der Waals surface area contributed by atoms with Gasteiger partial charge in [0.1, 0.15) is 32.9 Å². The molecule has 0 unspecified atom stereocenters. The Morgan fingerprint density at radius 2 is 1.59 bits per heavy atom. The molecule has 0 aliphatic carbocycles. The van der Waals surface area contributed by atoms with E-state index in [1.165, 1.54) is 17.1 Å². The van der Waals surface area contributed by atoms with Gasteiger partial charge in [-0.1, -0.05) is 0 Å². The first-order valence-corrected chi connectivity index (χ1v) is 10.9. The molecule has 0 amide bonds. The minimum atomic E-state index is -4.85. The molecule has 0 N–H and O–H groups in total. The molecule has 164 valence electrons. The van der Waals surface area contributed by atoms with Crippen molar-refractivity contribution in [1.29, 1.82) is 0 Å². The molecule has 2 aromatic carbocycles. The lowest BCUT2D eigenvalue weighted by Crippen LogP contribution is -2.09. The summed E-state index contributed by atoms with van der Waals surface area (Å²) in [6, 6.07) is 6.45. The summed E-state index contributed by atoms with van der Waals surface area (Å²) in [7, 11) is -4.85. The highest BCUT2D eigenvalue weighted by atomic mass is 32.2. The predicted molar refractivity (Wildman–Crippen MR) is 108 cm³/mol. The van der Waals surface area contributed by atoms with E-state index in [4.69, 9.17) is 0 Å². The molecular formula is C22H15F4N3O2S. The van der Waals surface area contributed by atoms with Crippen molar-refractivity contribution in [2.24, 2.45) is 0 Å². The SMILES string of the molecule is CCn1cc(-c2ccncc2)c(-c2c(F)ccc(S(=O)(=O)c3cc(F)ccc3F)c2F)n1. The van der Waals surface area contributed by atoms with Gasteiger partial charge < -0.3 is 0 Å². The number of pyridine rings is 1. The van der Waals surface area contributed by atoms with Crippen molar-refractivity contribution in [3.8, 4) is 22.4 Å². The van der Waals surface area contributed by atoms with E-state index in [1.54, 1.807) is 25.3 Å². The lowest BCUT2D eigenvalue weighted by atomic mass is 10.0. The van der Waals surface area contributed by atoms with Crippen molar-refractivity contribution in [2.45, 2.75) is 23.3 Å². The van der Waals surface area contributed by atoms with Crippen LogP contribution in [0.4, 0.5) is 17.6 Å². The summed E-state index contributed by atoms with van der Waals surface area (Å²) in [5, 5.41) is 4.21. The second kappa shape index (κ2) is 8.19. The molecule has 32 heavy (non-hydrogen) atoms. The standard InChI is InChI=1S/C22H15F4N3O2S/c1-2-29-12-15(13-7-9-27-10-8-13)22(28-29)20-17(25)5-6-18(21(20)26)32(30,31)19-11-14(23)3-4-16(19)24/h3-12H,2H2,1H3. The zero-order valence-electron chi connectivity index (χ0n) is 16.6. The first-order chi connectivity index (χ1) is 15.2. The van der Waals surface area contributed by atoms with Crippen molar-refractivity contribution in [3.63, 3.8) is 0 Å². The number of halogens is 4. The van der Waals surface area contributed by atoms with Gasteiger partial charge >= 0.3 is 0 Å². The lowest BCUT2D eigenvalue weighted by Gasteiger charge is -2.11. The number of sulfone groups is 1. The molecule has 2 aromatic heterocycles. The van der Waals surface area contributed by atoms with Crippen LogP contribution in [0, 0.1) is 23.3 Å². The zero-order chi connectivity index (χ0) is 23.0. The summed E-state index contributed by atoms with van der Waals surface area (Å²) < 4.78 is 85.4. The van der Waals surface area contributed by atoms with Crippen LogP contribution in [0.25, 0.3) is 22.4 Å². The Morgan fingerprint density at radius 3 is 2.28 bits per heavy atom. The number of aryl methyl sites for hydroxylation is 1. The highest BCUT2D eigenvalue weighted by molar-refractivity contribution is 7.91. The van der Waals surface area contributed by atoms with E-state index in [9.17, 15) is 21.6 Å². The molecule has 0 bridgehead atoms. The molecule has 10 heteroatoms. The van der Waals surface area contributed by atoms with Crippen LogP contribution in [-0.2, 0) is 16.4 Å². The summed E-state index contributed by atoms with van der Waals surface area (Å²) in [6.45, 7) is 2.15. The molecule has 0 aliphatic heterocycles. The normalized spacial score (nSPS) is 11.7. The Morgan fingerprint density at radius 1 is 0.906 bits per heavy atom. The van der Waals surface area contributed by atoms with Crippen molar-refractivity contribution < 1.29 is 26.0 Å². The molecule has 4 rings (SSSR count). The number of nitrogens with zero attached hydrogens (tertiary/aromatic N) is 3. The topological polar surface area (TPSA) is 64.8 Å². The van der Waals surface area contributed by atoms with Gasteiger partial charge in [0.15, 0.2) is 5.82 Å². The number of hydrogen-bond acceptors (Lipinski definition) is 4. The Labute approximate surface area is 180 Å². The van der Waals surface area contributed by atoms with Gasteiger partial charge in [0.2, 0.25) is 9.84 Å². The Kier molecular flexibility index (Phi) is 5.55. The minimum Gasteiger partial charge on any atom is -0.272 e. The molecular weight excluding hydrogens is 446 g/mol. The zero-order valence-corrected chi connectivity index (χ0v) is 17.4. The van der Waals surface area contributed by atoms with Gasteiger partial charge in [-0.3, -0.25) is 9.67 Å². The van der Waals surface area contributed by atoms with Crippen LogP contribution in [-0.4, -0.2) is 23.2 Å². The van der Waals surface area contributed by atoms with Crippen LogP contribution < -0.4 is 0 Å². The summed E-state index contributed by atoms with van der Waals surface area (Å²) in [5.74, 6) is -4.79. The first-order valence-electron chi connectivity index (χ1n) is 9.40. The average Bonchev–Trinajstić information content (AvgIpc) is 3.20. The largest absolute Gasteiger partial charge is 0.272 e. The van der Waals surface area contributed by atoms with Crippen molar-refractivity contribution in [3.05, 3.63) is 84.3 Å². The molecule has 2 heterocycles. The van der Waals surface area contributed by atoms with Crippen LogP contribution in [0.1, 0.15) is 6.92 Å². The van der Waals surface area contributed by atoms with Crippen molar-refractivity contribution in [2.75, 3.05) is 0 Å². The van der Waals surface area contributed by atoms with Crippen LogP contribution in [0.15, 0.2) is 70.8 Å². The van der Waals surface area contributed by atoms with Gasteiger partial charge in [-0.2, -0.15) is 5.10 Å². The van der Waals surface area contributed by atoms with E-state index in [1.807, 2.05) is 0 Å². The average molecular weight is 461 g/mol. The van der Waals surface area contributed by atoms with E-state index in [0.717, 1.165) is 12.1 Å². The quantitative estimate of drug-likeness (QED) is 0.309. The summed E-state index contributed by atoms with van der Waals surface area (Å²) in [6.07, 6.45) is 4.54. The lowest BCUT2D eigenvalue weighted by molar-refractivity contribution is 0.538. The fourth-order valence-electron chi connectivity index (χ4n) is 3.27. The maximum Gasteiger partial charge on any atom is 0.212 e. The molecule has 0 radical (unpaired) electrons. The monoisotopic (exact) mass is 461 g/mol. The number of benzene rings is 2. The molecule has 0 saturated carbocycles. The number of rotatable bonds is 5. The maximum absolute atomic E-state index is 15.5. The molecule has 0 saturated heterocycles. The second-order valence-electron chi connectivity index (χ2n) is 6.80. The molecule has 0 atom stereocenters. The summed E-state index contributed by atoms with van der Waals surface area (Å²) in [5.41, 5.74) is 0.0724. The van der Waals surface area contributed by atoms with Crippen LogP contribution in [0.3, 0.4) is 0 Å². The molecule has 4 aromatic rings. The third-order valence-electron chi connectivity index (χ3n) is 4.84. The van der Waals surface area contributed by atoms with E-state index in [-0.39, 0.29) is 5.69 Å². The molecule has 0 aliphatic rings. The number of aromatic nitrogens is 3. The van der Waals surface area contributed by atoms with Gasteiger partial charge in [-0.05, 0) is 55.0 Å². The van der Waals surface area contributed by atoms with Crippen molar-refractivity contribution in [1.82, 2.24) is 14.8 Å². The Balaban J connectivity index is 1.97. The van der Waals surface area contributed by atoms with E-state index >= 15 is 4.39 Å². The third-order valence-corrected chi connectivity index (χ3v) is 6.63. The fourth-order valence-corrected chi connectivity index (χ4v) is 4.68. The molecule has 0 spiro atoms. The second-order valence-corrected chi connectivity index (χ2v) is 8.68. The highest BCUT2D eigenvalue weighted by Crippen LogP contribution is 2.37. The van der Waals surface area contributed by atoms with E-state index in [0.29, 0.717) is 35.9 Å². The predicted octanol–water partition coefficient (Wildman–Crippen LogP) is 5.02. The van der Waals surface area contributed by atoms with Gasteiger partial charge in [0, 0.05) is 30.7 Å². The Bertz CT molecular complexity index is 1420. The van der Waals surface area contributed by atoms with Gasteiger partial charge in [-0.25, -0.2) is 26.0 Å². The first kappa shape index (κ1) is 21.7. The van der Waals surface area contributed by atoms with Crippen molar-refractivity contribution >= 4 is 9.84 Å². The van der Waals surface area contributed by atoms with E-state index < -0.39 is 48.5 Å². The van der Waals surface area contributed by atoms with Gasteiger partial charge in [-0.15, -0.1) is 0 Å². The summed E-state index contributed by atoms with van der Waals surface area (Å²) >= 11 is 0. The van der Waals surface area contributed by atoms with Crippen LogP contribution in [0.2, 0.25) is 0 Å². The van der Waals surface area contributed by atoms with E-state index in [2.05, 4.69) is 10.1 Å². The van der Waals surface area contributed by atoms with Crippen LogP contribution in [0.5, 0.6) is 0 Å². The Hall–Kier alpha value is -3.53. The third kappa shape index (κ3) is 3.66. The minimum absolute atomic E-state index is 0.134. The fraction of sp³-hybridized carbons (Fsp3) is 0.0909. The molecule has 0 fully saturated rings. The van der Waals surface area contributed by atoms with Gasteiger partial charge in [0.05, 0.1) is 5.56 Å².